The molecule has 0 aliphatic carbocycles. The van der Waals surface area contributed by atoms with Gasteiger partial charge in [-0.3, -0.25) is 4.79 Å². The van der Waals surface area contributed by atoms with Crippen LogP contribution in [0.4, 0.5) is 0 Å². The smallest absolute Gasteiger partial charge is 0.224 e. The Balaban J connectivity index is 0.00000225. The zero-order valence-corrected chi connectivity index (χ0v) is 15.2. The standard InChI is InChI=1S/C20H24N2O2.ClH/c1-24-19-12-6-5-10-16(19)18-11-7-13-22(18)20(23)14-17(21)15-8-3-2-4-9-15;/h2-6,8-10,12,17-18H,7,11,13-14,21H2,1H3;1H. The van der Waals surface area contributed by atoms with E-state index in [9.17, 15) is 4.79 Å². The summed E-state index contributed by atoms with van der Waals surface area (Å²) < 4.78 is 5.47. The Kier molecular flexibility index (Phi) is 6.85. The molecule has 1 heterocycles. The number of para-hydroxylation sites is 1. The summed E-state index contributed by atoms with van der Waals surface area (Å²) >= 11 is 0. The minimum atomic E-state index is -0.266. The number of ether oxygens (including phenoxy) is 1. The molecule has 0 bridgehead atoms. The van der Waals surface area contributed by atoms with Crippen molar-refractivity contribution in [2.75, 3.05) is 13.7 Å². The predicted octanol–water partition coefficient (Wildman–Crippen LogP) is 3.87. The molecule has 4 nitrogen and oxygen atoms in total. The fraction of sp³-hybridized carbons (Fsp3) is 0.350. The van der Waals surface area contributed by atoms with Gasteiger partial charge in [-0.25, -0.2) is 0 Å². The average Bonchev–Trinajstić information content (AvgIpc) is 3.12. The third-order valence-corrected chi connectivity index (χ3v) is 4.69. The second-order valence-corrected chi connectivity index (χ2v) is 6.21. The zero-order valence-electron chi connectivity index (χ0n) is 14.4. The highest BCUT2D eigenvalue weighted by molar-refractivity contribution is 5.85. The van der Waals surface area contributed by atoms with Gasteiger partial charge in [-0.2, -0.15) is 0 Å². The summed E-state index contributed by atoms with van der Waals surface area (Å²) in [5.74, 6) is 0.953. The molecule has 0 saturated carbocycles. The van der Waals surface area contributed by atoms with Crippen LogP contribution in [0.25, 0.3) is 0 Å². The quantitative estimate of drug-likeness (QED) is 0.880. The summed E-state index contributed by atoms with van der Waals surface area (Å²) in [6, 6.07) is 17.6. The topological polar surface area (TPSA) is 55.6 Å². The van der Waals surface area contributed by atoms with Crippen molar-refractivity contribution in [1.29, 1.82) is 0 Å². The maximum absolute atomic E-state index is 12.8. The lowest BCUT2D eigenvalue weighted by molar-refractivity contribution is -0.132. The van der Waals surface area contributed by atoms with Crippen LogP contribution in [0.5, 0.6) is 5.75 Å². The number of benzene rings is 2. The van der Waals surface area contributed by atoms with E-state index in [1.54, 1.807) is 7.11 Å². The number of hydrogen-bond acceptors (Lipinski definition) is 3. The van der Waals surface area contributed by atoms with Crippen LogP contribution in [-0.4, -0.2) is 24.5 Å². The Morgan fingerprint density at radius 1 is 1.20 bits per heavy atom. The van der Waals surface area contributed by atoms with Gasteiger partial charge in [0.05, 0.1) is 13.2 Å². The maximum Gasteiger partial charge on any atom is 0.224 e. The molecule has 2 atom stereocenters. The van der Waals surface area contributed by atoms with E-state index in [1.807, 2.05) is 59.5 Å². The molecule has 0 radical (unpaired) electrons. The number of nitrogens with two attached hydrogens (primary N) is 1. The molecule has 2 aromatic rings. The van der Waals surface area contributed by atoms with Crippen molar-refractivity contribution in [2.45, 2.75) is 31.3 Å². The van der Waals surface area contributed by atoms with Gasteiger partial charge in [-0.1, -0.05) is 48.5 Å². The van der Waals surface area contributed by atoms with Gasteiger partial charge in [-0.05, 0) is 24.5 Å². The Labute approximate surface area is 155 Å². The van der Waals surface area contributed by atoms with Gasteiger partial charge in [0.2, 0.25) is 5.91 Å². The fourth-order valence-corrected chi connectivity index (χ4v) is 3.45. The predicted molar refractivity (Wildman–Crippen MR) is 102 cm³/mol. The molecule has 25 heavy (non-hydrogen) atoms. The molecule has 2 unspecified atom stereocenters. The Hall–Kier alpha value is -2.04. The van der Waals surface area contributed by atoms with E-state index in [0.717, 1.165) is 36.3 Å². The molecular weight excluding hydrogens is 336 g/mol. The van der Waals surface area contributed by atoms with E-state index in [2.05, 4.69) is 0 Å². The number of hydrogen-bond donors (Lipinski definition) is 1. The number of carbonyl (C=O) groups excluding carboxylic acids is 1. The van der Waals surface area contributed by atoms with Crippen molar-refractivity contribution < 1.29 is 9.53 Å². The largest absolute Gasteiger partial charge is 0.496 e. The van der Waals surface area contributed by atoms with E-state index in [1.165, 1.54) is 0 Å². The van der Waals surface area contributed by atoms with Gasteiger partial charge >= 0.3 is 0 Å². The second kappa shape index (κ2) is 8.88. The third kappa shape index (κ3) is 4.33. The highest BCUT2D eigenvalue weighted by Crippen LogP contribution is 2.37. The van der Waals surface area contributed by atoms with Gasteiger partial charge in [0.25, 0.3) is 0 Å². The van der Waals surface area contributed by atoms with E-state index in [4.69, 9.17) is 10.5 Å². The van der Waals surface area contributed by atoms with E-state index in [0.29, 0.717) is 6.42 Å². The number of likely N-dealkylation sites (tertiary alicyclic amines) is 1. The van der Waals surface area contributed by atoms with Crippen molar-refractivity contribution in [3.8, 4) is 5.75 Å². The minimum absolute atomic E-state index is 0. The highest BCUT2D eigenvalue weighted by Gasteiger charge is 2.32. The van der Waals surface area contributed by atoms with Crippen LogP contribution in [-0.2, 0) is 4.79 Å². The maximum atomic E-state index is 12.8. The molecular formula is C20H25ClN2O2. The number of halogens is 1. The number of carbonyl (C=O) groups is 1. The van der Waals surface area contributed by atoms with Crippen LogP contribution in [0, 0.1) is 0 Å². The summed E-state index contributed by atoms with van der Waals surface area (Å²) in [6.45, 7) is 0.781. The Bertz CT molecular complexity index is 693. The van der Waals surface area contributed by atoms with Crippen molar-refractivity contribution in [3.63, 3.8) is 0 Å². The molecule has 134 valence electrons. The fourth-order valence-electron chi connectivity index (χ4n) is 3.45. The summed E-state index contributed by atoms with van der Waals surface area (Å²) in [7, 11) is 1.67. The summed E-state index contributed by atoms with van der Waals surface area (Å²) in [5, 5.41) is 0. The van der Waals surface area contributed by atoms with Crippen LogP contribution < -0.4 is 10.5 Å². The molecule has 1 aliphatic rings. The van der Waals surface area contributed by atoms with Crippen LogP contribution in [0.2, 0.25) is 0 Å². The highest BCUT2D eigenvalue weighted by atomic mass is 35.5. The molecule has 1 amide bonds. The van der Waals surface area contributed by atoms with Crippen LogP contribution in [0.1, 0.15) is 42.5 Å². The molecule has 2 aromatic carbocycles. The lowest BCUT2D eigenvalue weighted by atomic mass is 10.0. The van der Waals surface area contributed by atoms with Crippen LogP contribution in [0.15, 0.2) is 54.6 Å². The zero-order chi connectivity index (χ0) is 16.9. The number of rotatable bonds is 5. The summed E-state index contributed by atoms with van der Waals surface area (Å²) in [5.41, 5.74) is 8.31. The molecule has 0 aromatic heterocycles. The lowest BCUT2D eigenvalue weighted by Gasteiger charge is -2.27. The van der Waals surface area contributed by atoms with Gasteiger partial charge in [0.1, 0.15) is 5.75 Å². The van der Waals surface area contributed by atoms with Crippen molar-refractivity contribution >= 4 is 18.3 Å². The first kappa shape index (κ1) is 19.3. The van der Waals surface area contributed by atoms with Gasteiger partial charge < -0.3 is 15.4 Å². The SMILES string of the molecule is COc1ccccc1C1CCCN1C(=O)CC(N)c1ccccc1.Cl. The first-order valence-electron chi connectivity index (χ1n) is 8.43. The summed E-state index contributed by atoms with van der Waals surface area (Å²) in [4.78, 5) is 14.8. The first-order valence-corrected chi connectivity index (χ1v) is 8.43. The second-order valence-electron chi connectivity index (χ2n) is 6.21. The van der Waals surface area contributed by atoms with Crippen molar-refractivity contribution in [1.82, 2.24) is 4.90 Å². The Morgan fingerprint density at radius 2 is 1.88 bits per heavy atom. The summed E-state index contributed by atoms with van der Waals surface area (Å²) in [6.07, 6.45) is 2.30. The molecule has 0 spiro atoms. The minimum Gasteiger partial charge on any atom is -0.496 e. The average molecular weight is 361 g/mol. The number of nitrogens with zero attached hydrogens (tertiary/aromatic N) is 1. The molecule has 2 N–H and O–H groups in total. The normalized spacial score (nSPS) is 17.7. The molecule has 1 aliphatic heterocycles. The molecule has 5 heteroatoms. The van der Waals surface area contributed by atoms with Gasteiger partial charge in [0.15, 0.2) is 0 Å². The van der Waals surface area contributed by atoms with Gasteiger partial charge in [0, 0.05) is 24.6 Å². The Morgan fingerprint density at radius 3 is 2.60 bits per heavy atom. The van der Waals surface area contributed by atoms with E-state index in [-0.39, 0.29) is 30.4 Å². The molecule has 3 rings (SSSR count). The third-order valence-electron chi connectivity index (χ3n) is 4.69. The van der Waals surface area contributed by atoms with Crippen molar-refractivity contribution in [2.24, 2.45) is 5.73 Å². The van der Waals surface area contributed by atoms with Gasteiger partial charge in [-0.15, -0.1) is 12.4 Å². The monoisotopic (exact) mass is 360 g/mol. The van der Waals surface area contributed by atoms with Crippen molar-refractivity contribution in [3.05, 3.63) is 65.7 Å². The molecule has 1 fully saturated rings. The number of amides is 1. The van der Waals surface area contributed by atoms with Crippen LogP contribution >= 0.6 is 12.4 Å². The van der Waals surface area contributed by atoms with Crippen LogP contribution in [0.3, 0.4) is 0 Å². The van der Waals surface area contributed by atoms with E-state index >= 15 is 0 Å². The first-order chi connectivity index (χ1) is 11.7. The molecule has 1 saturated heterocycles. The lowest BCUT2D eigenvalue weighted by Crippen LogP contribution is -2.33. The number of methoxy groups -OCH3 is 1. The van der Waals surface area contributed by atoms with E-state index < -0.39 is 0 Å².